The Labute approximate surface area is 131 Å². The number of thioether (sulfide) groups is 1. The van der Waals surface area contributed by atoms with Crippen LogP contribution in [0.5, 0.6) is 0 Å². The summed E-state index contributed by atoms with van der Waals surface area (Å²) in [5, 5.41) is 4.13. The third-order valence-electron chi connectivity index (χ3n) is 4.37. The summed E-state index contributed by atoms with van der Waals surface area (Å²) >= 11 is 1.99. The number of aromatic nitrogens is 1. The van der Waals surface area contributed by atoms with Crippen LogP contribution in [-0.4, -0.2) is 23.3 Å². The Morgan fingerprint density at radius 1 is 1.05 bits per heavy atom. The lowest BCUT2D eigenvalue weighted by atomic mass is 9.81. The van der Waals surface area contributed by atoms with Gasteiger partial charge < -0.3 is 5.32 Å². The van der Waals surface area contributed by atoms with Gasteiger partial charge in [-0.15, -0.1) is 11.8 Å². The number of hydrogen-bond donors (Lipinski definition) is 1. The SMILES string of the molecule is CNC1CCC(c2ccccc2)CC1Sc1ccncc1. The van der Waals surface area contributed by atoms with E-state index in [1.807, 2.05) is 24.2 Å². The van der Waals surface area contributed by atoms with Crippen LogP contribution in [0.2, 0.25) is 0 Å². The smallest absolute Gasteiger partial charge is 0.0278 e. The molecular formula is C18H22N2S. The molecule has 110 valence electrons. The van der Waals surface area contributed by atoms with Gasteiger partial charge in [0, 0.05) is 28.6 Å². The molecule has 3 rings (SSSR count). The normalized spacial score (nSPS) is 25.7. The van der Waals surface area contributed by atoms with Crippen molar-refractivity contribution < 1.29 is 0 Å². The summed E-state index contributed by atoms with van der Waals surface area (Å²) in [4.78, 5) is 5.43. The topological polar surface area (TPSA) is 24.9 Å². The summed E-state index contributed by atoms with van der Waals surface area (Å²) in [7, 11) is 2.09. The molecule has 1 aliphatic rings. The van der Waals surface area contributed by atoms with Gasteiger partial charge in [0.05, 0.1) is 0 Å². The lowest BCUT2D eigenvalue weighted by molar-refractivity contribution is 0.369. The number of nitrogens with one attached hydrogen (secondary N) is 1. The van der Waals surface area contributed by atoms with Crippen LogP contribution in [0.4, 0.5) is 0 Å². The quantitative estimate of drug-likeness (QED) is 0.920. The highest BCUT2D eigenvalue weighted by Crippen LogP contribution is 2.40. The molecule has 0 amide bonds. The first-order valence-corrected chi connectivity index (χ1v) is 8.53. The molecule has 3 heteroatoms. The highest BCUT2D eigenvalue weighted by molar-refractivity contribution is 8.00. The summed E-state index contributed by atoms with van der Waals surface area (Å²) < 4.78 is 0. The van der Waals surface area contributed by atoms with Crippen LogP contribution in [0, 0.1) is 0 Å². The van der Waals surface area contributed by atoms with E-state index in [-0.39, 0.29) is 0 Å². The zero-order chi connectivity index (χ0) is 14.5. The van der Waals surface area contributed by atoms with E-state index in [1.54, 1.807) is 0 Å². The van der Waals surface area contributed by atoms with Crippen molar-refractivity contribution >= 4 is 11.8 Å². The van der Waals surface area contributed by atoms with E-state index in [1.165, 1.54) is 29.7 Å². The first-order valence-electron chi connectivity index (χ1n) is 7.65. The predicted molar refractivity (Wildman–Crippen MR) is 89.8 cm³/mol. The Morgan fingerprint density at radius 2 is 1.81 bits per heavy atom. The van der Waals surface area contributed by atoms with Gasteiger partial charge in [0.15, 0.2) is 0 Å². The second kappa shape index (κ2) is 7.10. The van der Waals surface area contributed by atoms with Gasteiger partial charge in [-0.25, -0.2) is 0 Å². The molecule has 2 aromatic rings. The van der Waals surface area contributed by atoms with Gasteiger partial charge in [0.25, 0.3) is 0 Å². The van der Waals surface area contributed by atoms with Crippen molar-refractivity contribution in [1.29, 1.82) is 0 Å². The second-order valence-corrected chi connectivity index (χ2v) is 6.97. The van der Waals surface area contributed by atoms with Crippen molar-refractivity contribution in [2.45, 2.75) is 41.4 Å². The zero-order valence-electron chi connectivity index (χ0n) is 12.4. The summed E-state index contributed by atoms with van der Waals surface area (Å²) in [6.07, 6.45) is 7.53. The van der Waals surface area contributed by atoms with Gasteiger partial charge >= 0.3 is 0 Å². The Morgan fingerprint density at radius 3 is 2.52 bits per heavy atom. The van der Waals surface area contributed by atoms with E-state index in [9.17, 15) is 0 Å². The molecule has 0 aliphatic heterocycles. The molecule has 1 aromatic carbocycles. The van der Waals surface area contributed by atoms with Crippen molar-refractivity contribution in [3.63, 3.8) is 0 Å². The summed E-state index contributed by atoms with van der Waals surface area (Å²) in [5.74, 6) is 0.690. The molecule has 1 aliphatic carbocycles. The highest BCUT2D eigenvalue weighted by atomic mass is 32.2. The lowest BCUT2D eigenvalue weighted by Gasteiger charge is -2.36. The van der Waals surface area contributed by atoms with E-state index in [4.69, 9.17) is 0 Å². The molecule has 1 aromatic heterocycles. The van der Waals surface area contributed by atoms with E-state index in [0.29, 0.717) is 17.2 Å². The minimum atomic E-state index is 0.600. The van der Waals surface area contributed by atoms with Crippen LogP contribution in [-0.2, 0) is 0 Å². The van der Waals surface area contributed by atoms with Gasteiger partial charge in [-0.05, 0) is 49.9 Å². The monoisotopic (exact) mass is 298 g/mol. The molecule has 2 nitrogen and oxygen atoms in total. The summed E-state index contributed by atoms with van der Waals surface area (Å²) in [6, 6.07) is 15.8. The standard InChI is InChI=1S/C18H22N2S/c1-19-17-8-7-15(14-5-3-2-4-6-14)13-18(17)21-16-9-11-20-12-10-16/h2-6,9-12,15,17-19H,7-8,13H2,1H3. The second-order valence-electron chi connectivity index (χ2n) is 5.66. The van der Waals surface area contributed by atoms with E-state index >= 15 is 0 Å². The Hall–Kier alpha value is -1.32. The zero-order valence-corrected chi connectivity index (χ0v) is 13.2. The average Bonchev–Trinajstić information content (AvgIpc) is 2.56. The predicted octanol–water partition coefficient (Wildman–Crippen LogP) is 4.10. The van der Waals surface area contributed by atoms with Crippen molar-refractivity contribution in [2.24, 2.45) is 0 Å². The number of benzene rings is 1. The minimum absolute atomic E-state index is 0.600. The number of pyridine rings is 1. The third-order valence-corrected chi connectivity index (χ3v) is 5.74. The largest absolute Gasteiger partial charge is 0.316 e. The van der Waals surface area contributed by atoms with Gasteiger partial charge in [-0.3, -0.25) is 4.98 Å². The first-order chi connectivity index (χ1) is 10.4. The molecular weight excluding hydrogens is 276 g/mol. The average molecular weight is 298 g/mol. The van der Waals surface area contributed by atoms with Gasteiger partial charge in [-0.1, -0.05) is 30.3 Å². The molecule has 0 spiro atoms. The van der Waals surface area contributed by atoms with Crippen molar-refractivity contribution in [1.82, 2.24) is 10.3 Å². The Balaban J connectivity index is 1.73. The molecule has 3 atom stereocenters. The van der Waals surface area contributed by atoms with Crippen LogP contribution >= 0.6 is 11.8 Å². The molecule has 1 fully saturated rings. The Kier molecular flexibility index (Phi) is 4.94. The van der Waals surface area contributed by atoms with Crippen LogP contribution in [0.15, 0.2) is 59.8 Å². The molecule has 21 heavy (non-hydrogen) atoms. The third kappa shape index (κ3) is 3.66. The van der Waals surface area contributed by atoms with Crippen LogP contribution in [0.25, 0.3) is 0 Å². The number of hydrogen-bond acceptors (Lipinski definition) is 3. The maximum Gasteiger partial charge on any atom is 0.0278 e. The molecule has 1 N–H and O–H groups in total. The van der Waals surface area contributed by atoms with Crippen LogP contribution in [0.3, 0.4) is 0 Å². The number of nitrogens with zero attached hydrogens (tertiary/aromatic N) is 1. The van der Waals surface area contributed by atoms with Crippen molar-refractivity contribution in [3.8, 4) is 0 Å². The summed E-state index contributed by atoms with van der Waals surface area (Å²) in [5.41, 5.74) is 1.49. The van der Waals surface area contributed by atoms with Gasteiger partial charge in [0.1, 0.15) is 0 Å². The molecule has 1 heterocycles. The fourth-order valence-electron chi connectivity index (χ4n) is 3.21. The van der Waals surface area contributed by atoms with Crippen LogP contribution in [0.1, 0.15) is 30.7 Å². The first kappa shape index (κ1) is 14.6. The fraction of sp³-hybridized carbons (Fsp3) is 0.389. The maximum atomic E-state index is 4.11. The minimum Gasteiger partial charge on any atom is -0.316 e. The molecule has 1 saturated carbocycles. The summed E-state index contributed by atoms with van der Waals surface area (Å²) in [6.45, 7) is 0. The van der Waals surface area contributed by atoms with E-state index in [2.05, 4.69) is 59.8 Å². The highest BCUT2D eigenvalue weighted by Gasteiger charge is 2.30. The molecule has 3 unspecified atom stereocenters. The molecule has 0 saturated heterocycles. The maximum absolute atomic E-state index is 4.11. The van der Waals surface area contributed by atoms with Crippen LogP contribution < -0.4 is 5.32 Å². The van der Waals surface area contributed by atoms with Crippen molar-refractivity contribution in [3.05, 3.63) is 60.4 Å². The van der Waals surface area contributed by atoms with Crippen molar-refractivity contribution in [2.75, 3.05) is 7.05 Å². The Bertz CT molecular complexity index is 544. The molecule has 0 radical (unpaired) electrons. The number of rotatable bonds is 4. The van der Waals surface area contributed by atoms with Gasteiger partial charge in [0.2, 0.25) is 0 Å². The molecule has 0 bridgehead atoms. The lowest BCUT2D eigenvalue weighted by Crippen LogP contribution is -2.40. The van der Waals surface area contributed by atoms with E-state index < -0.39 is 0 Å². The van der Waals surface area contributed by atoms with Gasteiger partial charge in [-0.2, -0.15) is 0 Å². The fourth-order valence-corrected chi connectivity index (χ4v) is 4.60. The van der Waals surface area contributed by atoms with E-state index in [0.717, 1.165) is 0 Å².